The van der Waals surface area contributed by atoms with Crippen molar-refractivity contribution in [1.82, 2.24) is 9.91 Å². The second-order valence-electron chi connectivity index (χ2n) is 8.30. The zero-order valence-electron chi connectivity index (χ0n) is 18.6. The summed E-state index contributed by atoms with van der Waals surface area (Å²) in [6, 6.07) is 16.2. The van der Waals surface area contributed by atoms with Crippen molar-refractivity contribution in [2.24, 2.45) is 5.10 Å². The first-order valence-electron chi connectivity index (χ1n) is 11.0. The Balaban J connectivity index is 1.64. The van der Waals surface area contributed by atoms with Gasteiger partial charge in [-0.2, -0.15) is 5.10 Å². The Hall–Kier alpha value is -2.86. The number of amides is 1. The number of nitrogens with zero attached hydrogens (tertiary/aromatic N) is 3. The average molecular weight is 422 g/mol. The van der Waals surface area contributed by atoms with E-state index < -0.39 is 0 Å². The second-order valence-corrected chi connectivity index (χ2v) is 8.30. The second kappa shape index (κ2) is 9.52. The van der Waals surface area contributed by atoms with E-state index in [1.54, 1.807) is 19.2 Å². The number of hydrazone groups is 1. The highest BCUT2D eigenvalue weighted by molar-refractivity contribution is 6.05. The van der Waals surface area contributed by atoms with Gasteiger partial charge in [0.15, 0.2) is 0 Å². The minimum Gasteiger partial charge on any atom is -0.497 e. The summed E-state index contributed by atoms with van der Waals surface area (Å²) in [6.45, 7) is 3.59. The summed E-state index contributed by atoms with van der Waals surface area (Å²) in [6.07, 6.45) is 4.18. The average Bonchev–Trinajstić information content (AvgIpc) is 3.26. The van der Waals surface area contributed by atoms with Crippen LogP contribution < -0.4 is 9.47 Å². The molecular formula is C25H31N3O3. The van der Waals surface area contributed by atoms with Crippen LogP contribution >= 0.6 is 0 Å². The summed E-state index contributed by atoms with van der Waals surface area (Å²) in [5, 5.41) is 6.51. The normalized spacial score (nSPS) is 21.6. The SMILES string of the molecule is COc1ccc(C2=NN(C(=O)CN3CCCC[C@H]3C)[C@H](c3ccccc3)C2)c(OC)c1. The molecule has 2 aromatic rings. The molecule has 1 amide bonds. The largest absolute Gasteiger partial charge is 0.497 e. The van der Waals surface area contributed by atoms with Gasteiger partial charge in [0.25, 0.3) is 5.91 Å². The van der Waals surface area contributed by atoms with Crippen LogP contribution in [0.3, 0.4) is 0 Å². The van der Waals surface area contributed by atoms with Gasteiger partial charge in [0.2, 0.25) is 0 Å². The van der Waals surface area contributed by atoms with E-state index in [2.05, 4.69) is 24.0 Å². The first kappa shape index (κ1) is 21.4. The van der Waals surface area contributed by atoms with Crippen molar-refractivity contribution in [3.63, 3.8) is 0 Å². The van der Waals surface area contributed by atoms with Crippen LogP contribution in [0.25, 0.3) is 0 Å². The summed E-state index contributed by atoms with van der Waals surface area (Å²) >= 11 is 0. The number of carbonyl (C=O) groups excluding carboxylic acids is 1. The molecule has 0 N–H and O–H groups in total. The van der Waals surface area contributed by atoms with E-state index in [1.807, 2.05) is 36.4 Å². The fourth-order valence-corrected chi connectivity index (χ4v) is 4.51. The Morgan fingerprint density at radius 3 is 2.61 bits per heavy atom. The molecule has 2 aliphatic heterocycles. The molecule has 0 aliphatic carbocycles. The molecule has 6 heteroatoms. The predicted molar refractivity (Wildman–Crippen MR) is 122 cm³/mol. The molecule has 0 aromatic heterocycles. The number of hydrogen-bond donors (Lipinski definition) is 0. The van der Waals surface area contributed by atoms with E-state index >= 15 is 0 Å². The fraction of sp³-hybridized carbons (Fsp3) is 0.440. The number of piperidine rings is 1. The quantitative estimate of drug-likeness (QED) is 0.700. The Labute approximate surface area is 184 Å². The maximum atomic E-state index is 13.4. The van der Waals surface area contributed by atoms with Crippen LogP contribution in [0.15, 0.2) is 53.6 Å². The van der Waals surface area contributed by atoms with Gasteiger partial charge in [0, 0.05) is 24.1 Å². The maximum Gasteiger partial charge on any atom is 0.257 e. The number of rotatable bonds is 6. The van der Waals surface area contributed by atoms with Crippen LogP contribution in [0.5, 0.6) is 11.5 Å². The van der Waals surface area contributed by atoms with Crippen LogP contribution in [0.2, 0.25) is 0 Å². The highest BCUT2D eigenvalue weighted by atomic mass is 16.5. The van der Waals surface area contributed by atoms with Crippen molar-refractivity contribution >= 4 is 11.6 Å². The summed E-state index contributed by atoms with van der Waals surface area (Å²) in [7, 11) is 3.28. The molecule has 1 fully saturated rings. The van der Waals surface area contributed by atoms with Gasteiger partial charge in [-0.15, -0.1) is 0 Å². The number of hydrogen-bond acceptors (Lipinski definition) is 5. The number of ether oxygens (including phenoxy) is 2. The summed E-state index contributed by atoms with van der Waals surface area (Å²) in [5.74, 6) is 1.47. The van der Waals surface area contributed by atoms with Gasteiger partial charge in [-0.1, -0.05) is 36.8 Å². The Bertz CT molecular complexity index is 944. The summed E-state index contributed by atoms with van der Waals surface area (Å²) in [5.41, 5.74) is 2.84. The molecule has 164 valence electrons. The lowest BCUT2D eigenvalue weighted by Gasteiger charge is -2.34. The van der Waals surface area contributed by atoms with E-state index in [9.17, 15) is 4.79 Å². The van der Waals surface area contributed by atoms with Crippen molar-refractivity contribution < 1.29 is 14.3 Å². The van der Waals surface area contributed by atoms with Crippen LogP contribution in [-0.4, -0.2) is 54.9 Å². The van der Waals surface area contributed by atoms with Crippen molar-refractivity contribution in [1.29, 1.82) is 0 Å². The summed E-state index contributed by atoms with van der Waals surface area (Å²) < 4.78 is 10.9. The monoisotopic (exact) mass is 421 g/mol. The van der Waals surface area contributed by atoms with Crippen LogP contribution in [-0.2, 0) is 4.79 Å². The van der Waals surface area contributed by atoms with Crippen molar-refractivity contribution in [3.05, 3.63) is 59.7 Å². The van der Waals surface area contributed by atoms with Crippen molar-refractivity contribution in [3.8, 4) is 11.5 Å². The summed E-state index contributed by atoms with van der Waals surface area (Å²) in [4.78, 5) is 15.7. The molecule has 31 heavy (non-hydrogen) atoms. The molecule has 2 atom stereocenters. The highest BCUT2D eigenvalue weighted by Crippen LogP contribution is 2.36. The lowest BCUT2D eigenvalue weighted by Crippen LogP contribution is -2.44. The third-order valence-corrected chi connectivity index (χ3v) is 6.35. The molecule has 0 radical (unpaired) electrons. The van der Waals surface area contributed by atoms with Crippen molar-refractivity contribution in [2.45, 2.75) is 44.7 Å². The van der Waals surface area contributed by atoms with Crippen LogP contribution in [0, 0.1) is 0 Å². The first-order valence-corrected chi connectivity index (χ1v) is 11.0. The van der Waals surface area contributed by atoms with Gasteiger partial charge >= 0.3 is 0 Å². The number of benzene rings is 2. The van der Waals surface area contributed by atoms with Gasteiger partial charge in [0.1, 0.15) is 11.5 Å². The molecule has 2 heterocycles. The first-order chi connectivity index (χ1) is 15.1. The van der Waals surface area contributed by atoms with E-state index in [-0.39, 0.29) is 11.9 Å². The molecule has 0 bridgehead atoms. The van der Waals surface area contributed by atoms with Gasteiger partial charge in [-0.05, 0) is 44.0 Å². The Kier molecular flexibility index (Phi) is 6.56. The van der Waals surface area contributed by atoms with Gasteiger partial charge in [-0.3, -0.25) is 9.69 Å². The molecule has 2 aliphatic rings. The Morgan fingerprint density at radius 1 is 1.10 bits per heavy atom. The van der Waals surface area contributed by atoms with E-state index in [1.165, 1.54) is 6.42 Å². The lowest BCUT2D eigenvalue weighted by molar-refractivity contribution is -0.135. The minimum absolute atomic E-state index is 0.0464. The molecule has 1 saturated heterocycles. The van der Waals surface area contributed by atoms with E-state index in [4.69, 9.17) is 14.6 Å². The maximum absolute atomic E-state index is 13.4. The number of methoxy groups -OCH3 is 2. The molecule has 6 nitrogen and oxygen atoms in total. The van der Waals surface area contributed by atoms with Crippen molar-refractivity contribution in [2.75, 3.05) is 27.3 Å². The van der Waals surface area contributed by atoms with Crippen LogP contribution in [0.4, 0.5) is 0 Å². The topological polar surface area (TPSA) is 54.4 Å². The van der Waals surface area contributed by atoms with E-state index in [0.29, 0.717) is 24.8 Å². The third kappa shape index (κ3) is 4.59. The number of carbonyl (C=O) groups is 1. The lowest BCUT2D eigenvalue weighted by atomic mass is 9.97. The molecule has 4 rings (SSSR count). The smallest absolute Gasteiger partial charge is 0.257 e. The standard InChI is InChI=1S/C25H31N3O3/c1-18-9-7-8-14-27(18)17-25(29)28-23(19-10-5-4-6-11-19)16-22(26-28)21-13-12-20(30-2)15-24(21)31-3/h4-6,10-13,15,18,23H,7-9,14,16-17H2,1-3H3/t18-,23+/m1/s1. The predicted octanol–water partition coefficient (Wildman–Crippen LogP) is 4.26. The zero-order valence-corrected chi connectivity index (χ0v) is 18.6. The van der Waals surface area contributed by atoms with Gasteiger partial charge in [-0.25, -0.2) is 5.01 Å². The number of likely N-dealkylation sites (tertiary alicyclic amines) is 1. The van der Waals surface area contributed by atoms with Gasteiger partial charge in [0.05, 0.1) is 32.5 Å². The zero-order chi connectivity index (χ0) is 21.8. The fourth-order valence-electron chi connectivity index (χ4n) is 4.51. The minimum atomic E-state index is -0.115. The molecule has 0 saturated carbocycles. The molecule has 0 unspecified atom stereocenters. The Morgan fingerprint density at radius 2 is 1.90 bits per heavy atom. The molecule has 2 aromatic carbocycles. The van der Waals surface area contributed by atoms with Crippen LogP contribution in [0.1, 0.15) is 49.8 Å². The highest BCUT2D eigenvalue weighted by Gasteiger charge is 2.35. The van der Waals surface area contributed by atoms with Gasteiger partial charge < -0.3 is 9.47 Å². The van der Waals surface area contributed by atoms with E-state index in [0.717, 1.165) is 42.0 Å². The molecule has 0 spiro atoms. The third-order valence-electron chi connectivity index (χ3n) is 6.35. The molecular weight excluding hydrogens is 390 g/mol.